The van der Waals surface area contributed by atoms with E-state index in [0.717, 1.165) is 18.7 Å². The van der Waals surface area contributed by atoms with E-state index in [1.807, 2.05) is 41.8 Å². The summed E-state index contributed by atoms with van der Waals surface area (Å²) >= 11 is 1.38. The van der Waals surface area contributed by atoms with Crippen molar-refractivity contribution in [3.05, 3.63) is 58.3 Å². The Hall–Kier alpha value is -2.18. The first-order valence-electron chi connectivity index (χ1n) is 10.4. The Morgan fingerprint density at radius 1 is 1.07 bits per heavy atom. The fraction of sp³-hybridized carbons (Fsp3) is 0.478. The van der Waals surface area contributed by atoms with Crippen molar-refractivity contribution in [2.75, 3.05) is 19.6 Å². The molecule has 3 rings (SSSR count). The monoisotopic (exact) mass is 413 g/mol. The number of piperidine rings is 1. The van der Waals surface area contributed by atoms with Crippen LogP contribution in [0.2, 0.25) is 0 Å². The lowest BCUT2D eigenvalue weighted by Crippen LogP contribution is -2.56. The highest BCUT2D eigenvalue weighted by atomic mass is 32.1. The van der Waals surface area contributed by atoms with E-state index in [0.29, 0.717) is 17.8 Å². The van der Waals surface area contributed by atoms with Crippen molar-refractivity contribution in [1.82, 2.24) is 15.5 Å². The number of rotatable bonds is 8. The zero-order valence-electron chi connectivity index (χ0n) is 17.3. The molecule has 2 heterocycles. The van der Waals surface area contributed by atoms with Gasteiger partial charge in [0.05, 0.1) is 4.88 Å². The number of hydrogen-bond donors (Lipinski definition) is 2. The maximum absolute atomic E-state index is 13.0. The van der Waals surface area contributed by atoms with Gasteiger partial charge in [-0.3, -0.25) is 14.5 Å². The van der Waals surface area contributed by atoms with E-state index in [9.17, 15) is 9.59 Å². The molecule has 2 aromatic rings. The summed E-state index contributed by atoms with van der Waals surface area (Å²) in [5, 5.41) is 7.89. The minimum atomic E-state index is -0.607. The largest absolute Gasteiger partial charge is 0.352 e. The second kappa shape index (κ2) is 10.0. The molecule has 0 spiro atoms. The number of amides is 2. The second-order valence-electron chi connectivity index (χ2n) is 8.27. The molecule has 1 fully saturated rings. The molecule has 1 aliphatic rings. The smallest absolute Gasteiger partial charge is 0.262 e. The average Bonchev–Trinajstić information content (AvgIpc) is 3.28. The van der Waals surface area contributed by atoms with Crippen molar-refractivity contribution in [2.45, 2.75) is 51.1 Å². The summed E-state index contributed by atoms with van der Waals surface area (Å²) in [5.41, 5.74) is 0.917. The number of benzene rings is 1. The van der Waals surface area contributed by atoms with Crippen LogP contribution in [0.4, 0.5) is 0 Å². The maximum Gasteiger partial charge on any atom is 0.262 e. The minimum absolute atomic E-state index is 0.106. The lowest BCUT2D eigenvalue weighted by Gasteiger charge is -2.41. The van der Waals surface area contributed by atoms with Crippen LogP contribution in [-0.2, 0) is 11.2 Å². The third-order valence-corrected chi connectivity index (χ3v) is 6.43. The van der Waals surface area contributed by atoms with E-state index in [4.69, 9.17) is 0 Å². The van der Waals surface area contributed by atoms with Crippen molar-refractivity contribution < 1.29 is 9.59 Å². The zero-order chi connectivity index (χ0) is 20.7. The van der Waals surface area contributed by atoms with E-state index in [-0.39, 0.29) is 17.4 Å². The molecule has 0 aliphatic carbocycles. The van der Waals surface area contributed by atoms with E-state index < -0.39 is 6.04 Å². The van der Waals surface area contributed by atoms with E-state index in [1.165, 1.54) is 30.6 Å². The number of nitrogens with one attached hydrogen (secondary N) is 2. The molecule has 1 unspecified atom stereocenters. The van der Waals surface area contributed by atoms with Crippen LogP contribution in [0.1, 0.15) is 48.3 Å². The Labute approximate surface area is 177 Å². The third-order valence-electron chi connectivity index (χ3n) is 5.56. The van der Waals surface area contributed by atoms with E-state index in [2.05, 4.69) is 29.4 Å². The van der Waals surface area contributed by atoms with Gasteiger partial charge in [-0.2, -0.15) is 0 Å². The highest BCUT2D eigenvalue weighted by Gasteiger charge is 2.30. The lowest BCUT2D eigenvalue weighted by molar-refractivity contribution is -0.123. The first-order chi connectivity index (χ1) is 14.0. The molecule has 0 saturated carbocycles. The Kier molecular flexibility index (Phi) is 7.45. The summed E-state index contributed by atoms with van der Waals surface area (Å²) in [6.07, 6.45) is 4.18. The Morgan fingerprint density at radius 2 is 1.79 bits per heavy atom. The standard InChI is InChI=1S/C23H31N3O2S/c1-23(2,26-13-7-4-8-14-26)17-24-21(27)19(16-18-10-5-3-6-11-18)25-22(28)20-12-9-15-29-20/h3,5-6,9-12,15,19H,4,7-8,13-14,16-17H2,1-2H3,(H,24,27)(H,25,28). The van der Waals surface area contributed by atoms with Gasteiger partial charge in [0.15, 0.2) is 0 Å². The number of likely N-dealkylation sites (tertiary alicyclic amines) is 1. The van der Waals surface area contributed by atoms with E-state index >= 15 is 0 Å². The molecule has 0 radical (unpaired) electrons. The van der Waals surface area contributed by atoms with Crippen LogP contribution in [0.15, 0.2) is 47.8 Å². The molecule has 2 N–H and O–H groups in total. The quantitative estimate of drug-likeness (QED) is 0.697. The molecule has 5 nitrogen and oxygen atoms in total. The van der Waals surface area contributed by atoms with Crippen molar-refractivity contribution in [1.29, 1.82) is 0 Å². The van der Waals surface area contributed by atoms with Crippen LogP contribution in [0.5, 0.6) is 0 Å². The van der Waals surface area contributed by atoms with Gasteiger partial charge in [-0.15, -0.1) is 11.3 Å². The van der Waals surface area contributed by atoms with Gasteiger partial charge in [-0.05, 0) is 56.8 Å². The highest BCUT2D eigenvalue weighted by molar-refractivity contribution is 7.12. The summed E-state index contributed by atoms with van der Waals surface area (Å²) in [4.78, 5) is 28.7. The molecule has 1 saturated heterocycles. The predicted molar refractivity (Wildman–Crippen MR) is 118 cm³/mol. The number of carbonyl (C=O) groups is 2. The predicted octanol–water partition coefficient (Wildman–Crippen LogP) is 3.47. The average molecular weight is 414 g/mol. The zero-order valence-corrected chi connectivity index (χ0v) is 18.1. The van der Waals surface area contributed by atoms with Gasteiger partial charge in [0.2, 0.25) is 5.91 Å². The van der Waals surface area contributed by atoms with Crippen molar-refractivity contribution in [2.24, 2.45) is 0 Å². The van der Waals surface area contributed by atoms with Gasteiger partial charge in [0.1, 0.15) is 6.04 Å². The molecule has 1 atom stereocenters. The molecule has 29 heavy (non-hydrogen) atoms. The Bertz CT molecular complexity index is 784. The molecule has 1 aromatic heterocycles. The molecule has 6 heteroatoms. The third kappa shape index (κ3) is 6.15. The summed E-state index contributed by atoms with van der Waals surface area (Å²) in [7, 11) is 0. The molecule has 0 bridgehead atoms. The van der Waals surface area contributed by atoms with Crippen LogP contribution < -0.4 is 10.6 Å². The summed E-state index contributed by atoms with van der Waals surface area (Å²) in [6, 6.07) is 12.8. The van der Waals surface area contributed by atoms with Gasteiger partial charge in [-0.1, -0.05) is 42.8 Å². The molecule has 2 amide bonds. The molecular weight excluding hydrogens is 382 g/mol. The number of nitrogens with zero attached hydrogens (tertiary/aromatic N) is 1. The minimum Gasteiger partial charge on any atom is -0.352 e. The highest BCUT2D eigenvalue weighted by Crippen LogP contribution is 2.20. The van der Waals surface area contributed by atoms with Crippen LogP contribution in [0, 0.1) is 0 Å². The fourth-order valence-corrected chi connectivity index (χ4v) is 4.36. The topological polar surface area (TPSA) is 61.4 Å². The second-order valence-corrected chi connectivity index (χ2v) is 9.22. The first kappa shape index (κ1) is 21.5. The fourth-order valence-electron chi connectivity index (χ4n) is 3.73. The van der Waals surface area contributed by atoms with Crippen molar-refractivity contribution in [3.8, 4) is 0 Å². The maximum atomic E-state index is 13.0. The van der Waals surface area contributed by atoms with Crippen LogP contribution in [-0.4, -0.2) is 47.9 Å². The normalized spacial score (nSPS) is 16.2. The number of carbonyl (C=O) groups excluding carboxylic acids is 2. The summed E-state index contributed by atoms with van der Waals surface area (Å²) in [5.74, 6) is -0.338. The molecule has 156 valence electrons. The van der Waals surface area contributed by atoms with Crippen molar-refractivity contribution in [3.63, 3.8) is 0 Å². The number of thiophene rings is 1. The SMILES string of the molecule is CC(C)(CNC(=O)C(Cc1ccccc1)NC(=O)c1cccs1)N1CCCCC1. The molecular formula is C23H31N3O2S. The molecule has 1 aliphatic heterocycles. The van der Waals surface area contributed by atoms with E-state index in [1.54, 1.807) is 6.07 Å². The van der Waals surface area contributed by atoms with Crippen LogP contribution in [0.25, 0.3) is 0 Å². The van der Waals surface area contributed by atoms with Crippen LogP contribution >= 0.6 is 11.3 Å². The van der Waals surface area contributed by atoms with Gasteiger partial charge in [0, 0.05) is 18.5 Å². The summed E-state index contributed by atoms with van der Waals surface area (Å²) < 4.78 is 0. The van der Waals surface area contributed by atoms with Crippen molar-refractivity contribution >= 4 is 23.2 Å². The lowest BCUT2D eigenvalue weighted by atomic mass is 9.98. The van der Waals surface area contributed by atoms with Crippen LogP contribution in [0.3, 0.4) is 0 Å². The molecule has 1 aromatic carbocycles. The van der Waals surface area contributed by atoms with Gasteiger partial charge >= 0.3 is 0 Å². The first-order valence-corrected chi connectivity index (χ1v) is 11.2. The number of hydrogen-bond acceptors (Lipinski definition) is 4. The van der Waals surface area contributed by atoms with Gasteiger partial charge in [0.25, 0.3) is 5.91 Å². The Balaban J connectivity index is 1.65. The Morgan fingerprint density at radius 3 is 2.45 bits per heavy atom. The summed E-state index contributed by atoms with van der Waals surface area (Å²) in [6.45, 7) is 7.06. The van der Waals surface area contributed by atoms with Gasteiger partial charge in [-0.25, -0.2) is 0 Å². The van der Waals surface area contributed by atoms with Gasteiger partial charge < -0.3 is 10.6 Å².